The van der Waals surface area contributed by atoms with Gasteiger partial charge < -0.3 is 25.6 Å². The smallest absolute Gasteiger partial charge is 0.250 e. The summed E-state index contributed by atoms with van der Waals surface area (Å²) in [5.74, 6) is 1.50. The fourth-order valence-electron chi connectivity index (χ4n) is 3.48. The molecular weight excluding hydrogens is 308 g/mol. The van der Waals surface area contributed by atoms with Gasteiger partial charge in [0.1, 0.15) is 6.10 Å². The summed E-state index contributed by atoms with van der Waals surface area (Å²) < 4.78 is 10.6. The van der Waals surface area contributed by atoms with Crippen molar-refractivity contribution in [1.82, 2.24) is 5.32 Å². The number of amides is 1. The first-order valence-electron chi connectivity index (χ1n) is 8.73. The summed E-state index contributed by atoms with van der Waals surface area (Å²) in [5, 5.41) is 12.9. The predicted octanol–water partition coefficient (Wildman–Crippen LogP) is 1.69. The van der Waals surface area contributed by atoms with Crippen molar-refractivity contribution in [2.75, 3.05) is 6.79 Å². The number of benzene rings is 1. The van der Waals surface area contributed by atoms with Crippen molar-refractivity contribution in [3.8, 4) is 11.5 Å². The van der Waals surface area contributed by atoms with E-state index in [0.29, 0.717) is 30.4 Å². The monoisotopic (exact) mass is 334 g/mol. The van der Waals surface area contributed by atoms with Crippen LogP contribution in [0.5, 0.6) is 11.5 Å². The Kier molecular flexibility index (Phi) is 5.58. The number of hydrogen-bond acceptors (Lipinski definition) is 5. The van der Waals surface area contributed by atoms with E-state index in [-0.39, 0.29) is 6.79 Å². The first kappa shape index (κ1) is 17.0. The van der Waals surface area contributed by atoms with Crippen LogP contribution in [0.3, 0.4) is 0 Å². The summed E-state index contributed by atoms with van der Waals surface area (Å²) in [7, 11) is 0. The largest absolute Gasteiger partial charge is 0.454 e. The Bertz CT molecular complexity index is 572. The third kappa shape index (κ3) is 4.19. The van der Waals surface area contributed by atoms with Gasteiger partial charge in [-0.1, -0.05) is 38.2 Å². The van der Waals surface area contributed by atoms with Crippen molar-refractivity contribution in [1.29, 1.82) is 0 Å². The molecule has 1 aliphatic carbocycles. The molecule has 1 aromatic carbocycles. The number of fused-ring (bicyclic) bond motifs is 1. The van der Waals surface area contributed by atoms with E-state index in [1.54, 1.807) is 0 Å². The van der Waals surface area contributed by atoms with Crippen LogP contribution in [0.15, 0.2) is 18.2 Å². The van der Waals surface area contributed by atoms with Crippen molar-refractivity contribution in [2.45, 2.75) is 57.2 Å². The van der Waals surface area contributed by atoms with Crippen LogP contribution in [-0.2, 0) is 11.3 Å². The molecule has 132 valence electrons. The number of aliphatic hydroxyl groups is 1. The molecule has 0 spiro atoms. The van der Waals surface area contributed by atoms with Crippen molar-refractivity contribution >= 4 is 5.91 Å². The zero-order chi connectivity index (χ0) is 16.9. The Hall–Kier alpha value is -1.79. The third-order valence-electron chi connectivity index (χ3n) is 4.91. The van der Waals surface area contributed by atoms with E-state index in [4.69, 9.17) is 15.2 Å². The summed E-state index contributed by atoms with van der Waals surface area (Å²) in [4.78, 5) is 12.1. The maximum Gasteiger partial charge on any atom is 0.250 e. The van der Waals surface area contributed by atoms with E-state index in [2.05, 4.69) is 5.32 Å². The Balaban J connectivity index is 1.46. The van der Waals surface area contributed by atoms with Gasteiger partial charge in [0.25, 0.3) is 5.91 Å². The molecular formula is C18H26N2O4. The molecule has 0 aromatic heterocycles. The van der Waals surface area contributed by atoms with Gasteiger partial charge in [-0.05, 0) is 30.0 Å². The predicted molar refractivity (Wildman–Crippen MR) is 89.6 cm³/mol. The average Bonchev–Trinajstić information content (AvgIpc) is 3.07. The Labute approximate surface area is 142 Å². The molecule has 1 amide bonds. The second-order valence-electron chi connectivity index (χ2n) is 6.75. The molecule has 1 fully saturated rings. The van der Waals surface area contributed by atoms with Crippen LogP contribution in [0.25, 0.3) is 0 Å². The number of nitrogens with two attached hydrogens (primary N) is 1. The number of ether oxygens (including phenoxy) is 2. The second kappa shape index (κ2) is 7.85. The molecule has 4 N–H and O–H groups in total. The average molecular weight is 334 g/mol. The highest BCUT2D eigenvalue weighted by Gasteiger charge is 2.26. The van der Waals surface area contributed by atoms with E-state index in [1.807, 2.05) is 18.2 Å². The van der Waals surface area contributed by atoms with Crippen molar-refractivity contribution in [2.24, 2.45) is 11.7 Å². The maximum absolute atomic E-state index is 12.1. The minimum Gasteiger partial charge on any atom is -0.454 e. The lowest BCUT2D eigenvalue weighted by molar-refractivity contribution is -0.130. The van der Waals surface area contributed by atoms with E-state index in [1.165, 1.54) is 19.3 Å². The zero-order valence-corrected chi connectivity index (χ0v) is 13.9. The standard InChI is InChI=1S/C18H26N2O4/c19-14(8-12-4-2-1-3-5-12)17(21)18(22)20-10-13-6-7-15-16(9-13)24-11-23-15/h6-7,9,12,14,17,21H,1-5,8,10-11,19H2,(H,20,22). The molecule has 24 heavy (non-hydrogen) atoms. The molecule has 6 nitrogen and oxygen atoms in total. The van der Waals surface area contributed by atoms with Gasteiger partial charge in [0.2, 0.25) is 6.79 Å². The van der Waals surface area contributed by atoms with Crippen molar-refractivity contribution < 1.29 is 19.4 Å². The van der Waals surface area contributed by atoms with Crippen LogP contribution >= 0.6 is 0 Å². The van der Waals surface area contributed by atoms with E-state index in [9.17, 15) is 9.90 Å². The molecule has 2 atom stereocenters. The molecule has 3 rings (SSSR count). The van der Waals surface area contributed by atoms with Crippen LogP contribution < -0.4 is 20.5 Å². The topological polar surface area (TPSA) is 93.8 Å². The van der Waals surface area contributed by atoms with Crippen molar-refractivity contribution in [3.05, 3.63) is 23.8 Å². The van der Waals surface area contributed by atoms with Gasteiger partial charge >= 0.3 is 0 Å². The molecule has 0 bridgehead atoms. The molecule has 2 unspecified atom stereocenters. The van der Waals surface area contributed by atoms with Gasteiger partial charge in [-0.15, -0.1) is 0 Å². The molecule has 0 radical (unpaired) electrons. The molecule has 1 heterocycles. The van der Waals surface area contributed by atoms with E-state index >= 15 is 0 Å². The third-order valence-corrected chi connectivity index (χ3v) is 4.91. The fourth-order valence-corrected chi connectivity index (χ4v) is 3.48. The highest BCUT2D eigenvalue weighted by atomic mass is 16.7. The normalized spacial score (nSPS) is 19.8. The minimum absolute atomic E-state index is 0.222. The molecule has 1 aliphatic heterocycles. The van der Waals surface area contributed by atoms with Crippen LogP contribution in [0.1, 0.15) is 44.1 Å². The number of rotatable bonds is 6. The van der Waals surface area contributed by atoms with E-state index < -0.39 is 18.1 Å². The first-order chi connectivity index (χ1) is 11.6. The number of aliphatic hydroxyl groups excluding tert-OH is 1. The Morgan fingerprint density at radius 1 is 1.25 bits per heavy atom. The number of hydrogen-bond donors (Lipinski definition) is 3. The van der Waals surface area contributed by atoms with Gasteiger partial charge in [0.05, 0.1) is 0 Å². The van der Waals surface area contributed by atoms with Crippen LogP contribution in [-0.4, -0.2) is 30.0 Å². The number of nitrogens with one attached hydrogen (secondary N) is 1. The quantitative estimate of drug-likeness (QED) is 0.736. The molecule has 0 saturated heterocycles. The lowest BCUT2D eigenvalue weighted by Gasteiger charge is -2.26. The van der Waals surface area contributed by atoms with Gasteiger partial charge in [-0.2, -0.15) is 0 Å². The summed E-state index contributed by atoms with van der Waals surface area (Å²) in [6.07, 6.45) is 5.58. The summed E-state index contributed by atoms with van der Waals surface area (Å²) in [6.45, 7) is 0.544. The highest BCUT2D eigenvalue weighted by Crippen LogP contribution is 2.32. The van der Waals surface area contributed by atoms with Gasteiger partial charge in [-0.3, -0.25) is 4.79 Å². The Morgan fingerprint density at radius 2 is 2.00 bits per heavy atom. The SMILES string of the molecule is NC(CC1CCCCC1)C(O)C(=O)NCc1ccc2c(c1)OCO2. The zero-order valence-electron chi connectivity index (χ0n) is 13.9. The Morgan fingerprint density at radius 3 is 2.79 bits per heavy atom. The fraction of sp³-hybridized carbons (Fsp3) is 0.611. The molecule has 1 saturated carbocycles. The lowest BCUT2D eigenvalue weighted by atomic mass is 9.84. The number of carbonyl (C=O) groups excluding carboxylic acids is 1. The second-order valence-corrected chi connectivity index (χ2v) is 6.75. The molecule has 2 aliphatic rings. The van der Waals surface area contributed by atoms with Crippen LogP contribution in [0.4, 0.5) is 0 Å². The lowest BCUT2D eigenvalue weighted by Crippen LogP contribution is -2.47. The van der Waals surface area contributed by atoms with Gasteiger partial charge in [0, 0.05) is 12.6 Å². The summed E-state index contributed by atoms with van der Waals surface area (Å²) in [6, 6.07) is 5.00. The summed E-state index contributed by atoms with van der Waals surface area (Å²) >= 11 is 0. The van der Waals surface area contributed by atoms with Gasteiger partial charge in [0.15, 0.2) is 11.5 Å². The highest BCUT2D eigenvalue weighted by molar-refractivity contribution is 5.81. The number of carbonyl (C=O) groups is 1. The maximum atomic E-state index is 12.1. The van der Waals surface area contributed by atoms with Crippen LogP contribution in [0, 0.1) is 5.92 Å². The van der Waals surface area contributed by atoms with E-state index in [0.717, 1.165) is 18.4 Å². The van der Waals surface area contributed by atoms with Crippen LogP contribution in [0.2, 0.25) is 0 Å². The minimum atomic E-state index is -1.17. The molecule has 1 aromatic rings. The van der Waals surface area contributed by atoms with Crippen molar-refractivity contribution in [3.63, 3.8) is 0 Å². The summed E-state index contributed by atoms with van der Waals surface area (Å²) in [5.41, 5.74) is 6.93. The van der Waals surface area contributed by atoms with Gasteiger partial charge in [-0.25, -0.2) is 0 Å². The first-order valence-corrected chi connectivity index (χ1v) is 8.73. The molecule has 6 heteroatoms.